The van der Waals surface area contributed by atoms with E-state index in [4.69, 9.17) is 9.15 Å². The number of fused-ring (bicyclic) bond motifs is 2. The van der Waals surface area contributed by atoms with Crippen LogP contribution in [0.4, 0.5) is 0 Å². The summed E-state index contributed by atoms with van der Waals surface area (Å²) in [6, 6.07) is 14.1. The van der Waals surface area contributed by atoms with E-state index in [-0.39, 0.29) is 0 Å². The summed E-state index contributed by atoms with van der Waals surface area (Å²) in [5.41, 5.74) is 2.43. The summed E-state index contributed by atoms with van der Waals surface area (Å²) in [6.07, 6.45) is 4.14. The molecule has 0 saturated carbocycles. The third-order valence-electron chi connectivity index (χ3n) is 4.61. The predicted molar refractivity (Wildman–Crippen MR) is 94.7 cm³/mol. The molecule has 3 aromatic heterocycles. The molecule has 1 aliphatic rings. The number of benzene rings is 1. The van der Waals surface area contributed by atoms with Crippen LogP contribution in [-0.4, -0.2) is 33.8 Å². The van der Waals surface area contributed by atoms with Crippen molar-refractivity contribution in [2.75, 3.05) is 13.2 Å². The highest BCUT2D eigenvalue weighted by Crippen LogP contribution is 2.28. The van der Waals surface area contributed by atoms with Crippen LogP contribution in [0.1, 0.15) is 12.8 Å². The fourth-order valence-electron chi connectivity index (χ4n) is 3.29. The Morgan fingerprint density at radius 1 is 1.24 bits per heavy atom. The predicted octanol–water partition coefficient (Wildman–Crippen LogP) is 3.27. The molecule has 1 N–H and O–H groups in total. The largest absolute Gasteiger partial charge is 0.475 e. The molecule has 4 heterocycles. The van der Waals surface area contributed by atoms with E-state index in [0.717, 1.165) is 41.0 Å². The molecule has 1 atom stereocenters. The van der Waals surface area contributed by atoms with Crippen molar-refractivity contribution in [3.8, 4) is 17.3 Å². The van der Waals surface area contributed by atoms with Gasteiger partial charge >= 0.3 is 0 Å². The van der Waals surface area contributed by atoms with Crippen LogP contribution in [0, 0.1) is 0 Å². The number of aromatic nitrogens is 3. The Labute approximate surface area is 144 Å². The molecule has 25 heavy (non-hydrogen) atoms. The topological polar surface area (TPSA) is 64.6 Å². The lowest BCUT2D eigenvalue weighted by Gasteiger charge is -2.11. The third kappa shape index (κ3) is 2.64. The summed E-state index contributed by atoms with van der Waals surface area (Å²) in [7, 11) is 0. The lowest BCUT2D eigenvalue weighted by atomic mass is 10.2. The molecule has 1 saturated heterocycles. The highest BCUT2D eigenvalue weighted by atomic mass is 16.5. The van der Waals surface area contributed by atoms with Crippen molar-refractivity contribution < 1.29 is 9.15 Å². The van der Waals surface area contributed by atoms with Crippen LogP contribution in [0.5, 0.6) is 5.88 Å². The maximum Gasteiger partial charge on any atom is 0.231 e. The molecular weight excluding hydrogens is 316 g/mol. The number of ether oxygens (including phenoxy) is 1. The first-order valence-electron chi connectivity index (χ1n) is 8.57. The fraction of sp³-hybridized carbons (Fsp3) is 0.263. The van der Waals surface area contributed by atoms with Gasteiger partial charge in [-0.1, -0.05) is 18.2 Å². The summed E-state index contributed by atoms with van der Waals surface area (Å²) in [6.45, 7) is 1.70. The van der Waals surface area contributed by atoms with Crippen LogP contribution in [-0.2, 0) is 0 Å². The maximum absolute atomic E-state index is 5.95. The van der Waals surface area contributed by atoms with Gasteiger partial charge in [-0.05, 0) is 37.6 Å². The SMILES string of the molecule is c1ccc2oc(-c3cnc4ccc(OCC5CCCN5)nn34)cc2c1. The van der Waals surface area contributed by atoms with E-state index in [1.807, 2.05) is 42.5 Å². The summed E-state index contributed by atoms with van der Waals surface area (Å²) in [4.78, 5) is 4.42. The lowest BCUT2D eigenvalue weighted by molar-refractivity contribution is 0.264. The number of rotatable bonds is 4. The Morgan fingerprint density at radius 2 is 2.20 bits per heavy atom. The average molecular weight is 334 g/mol. The van der Waals surface area contributed by atoms with Crippen molar-refractivity contribution in [3.05, 3.63) is 48.7 Å². The number of hydrogen-bond acceptors (Lipinski definition) is 5. The quantitative estimate of drug-likeness (QED) is 0.620. The Kier molecular flexibility index (Phi) is 3.41. The zero-order chi connectivity index (χ0) is 16.6. The van der Waals surface area contributed by atoms with Crippen molar-refractivity contribution in [2.45, 2.75) is 18.9 Å². The van der Waals surface area contributed by atoms with E-state index in [1.54, 1.807) is 10.7 Å². The molecule has 0 bridgehead atoms. The van der Waals surface area contributed by atoms with Gasteiger partial charge in [-0.2, -0.15) is 0 Å². The van der Waals surface area contributed by atoms with E-state index >= 15 is 0 Å². The monoisotopic (exact) mass is 334 g/mol. The first kappa shape index (κ1) is 14.5. The highest BCUT2D eigenvalue weighted by molar-refractivity contribution is 5.82. The van der Waals surface area contributed by atoms with Crippen LogP contribution in [0.25, 0.3) is 28.1 Å². The fourth-order valence-corrected chi connectivity index (χ4v) is 3.29. The number of nitrogens with zero attached hydrogens (tertiary/aromatic N) is 3. The second-order valence-corrected chi connectivity index (χ2v) is 6.34. The maximum atomic E-state index is 5.95. The number of hydrogen-bond donors (Lipinski definition) is 1. The summed E-state index contributed by atoms with van der Waals surface area (Å²) in [5, 5.41) is 9.07. The van der Waals surface area contributed by atoms with E-state index in [0.29, 0.717) is 18.5 Å². The van der Waals surface area contributed by atoms with Crippen molar-refractivity contribution >= 4 is 16.6 Å². The first-order chi connectivity index (χ1) is 12.4. The summed E-state index contributed by atoms with van der Waals surface area (Å²) >= 11 is 0. The minimum atomic E-state index is 0.412. The van der Waals surface area contributed by atoms with E-state index in [9.17, 15) is 0 Å². The van der Waals surface area contributed by atoms with Gasteiger partial charge in [0, 0.05) is 17.5 Å². The second-order valence-electron chi connectivity index (χ2n) is 6.34. The second kappa shape index (κ2) is 5.89. The standard InChI is InChI=1S/C19H18N4O2/c1-2-6-16-13(4-1)10-17(25-16)15-11-21-18-7-8-19(22-23(15)18)24-12-14-5-3-9-20-14/h1-2,4,6-8,10-11,14,20H,3,5,9,12H2. The van der Waals surface area contributed by atoms with Crippen molar-refractivity contribution in [2.24, 2.45) is 0 Å². The summed E-state index contributed by atoms with van der Waals surface area (Å²) in [5.74, 6) is 1.34. The third-order valence-corrected chi connectivity index (χ3v) is 4.61. The van der Waals surface area contributed by atoms with Crippen molar-refractivity contribution in [1.82, 2.24) is 19.9 Å². The van der Waals surface area contributed by atoms with Gasteiger partial charge < -0.3 is 14.5 Å². The Hall–Kier alpha value is -2.86. The molecule has 1 unspecified atom stereocenters. The molecule has 0 aliphatic carbocycles. The molecule has 5 rings (SSSR count). The van der Waals surface area contributed by atoms with Crippen LogP contribution < -0.4 is 10.1 Å². The Balaban J connectivity index is 1.49. The molecule has 6 heteroatoms. The highest BCUT2D eigenvalue weighted by Gasteiger charge is 2.16. The van der Waals surface area contributed by atoms with Gasteiger partial charge in [-0.15, -0.1) is 5.10 Å². The van der Waals surface area contributed by atoms with E-state index in [2.05, 4.69) is 15.4 Å². The van der Waals surface area contributed by atoms with Gasteiger partial charge in [0.05, 0.1) is 6.20 Å². The van der Waals surface area contributed by atoms with Crippen LogP contribution in [0.3, 0.4) is 0 Å². The van der Waals surface area contributed by atoms with Gasteiger partial charge in [0.1, 0.15) is 17.9 Å². The summed E-state index contributed by atoms with van der Waals surface area (Å²) < 4.78 is 13.6. The van der Waals surface area contributed by atoms with Gasteiger partial charge in [0.2, 0.25) is 5.88 Å². The molecular formula is C19H18N4O2. The van der Waals surface area contributed by atoms with Gasteiger partial charge in [0.15, 0.2) is 11.4 Å². The first-order valence-corrected chi connectivity index (χ1v) is 8.57. The van der Waals surface area contributed by atoms with Crippen LogP contribution in [0.15, 0.2) is 53.1 Å². The molecule has 1 aliphatic heterocycles. The number of imidazole rings is 1. The molecule has 6 nitrogen and oxygen atoms in total. The number of para-hydroxylation sites is 1. The number of furan rings is 1. The van der Waals surface area contributed by atoms with Gasteiger partial charge in [-0.25, -0.2) is 9.50 Å². The van der Waals surface area contributed by atoms with Crippen molar-refractivity contribution in [1.29, 1.82) is 0 Å². The van der Waals surface area contributed by atoms with Gasteiger partial charge in [0.25, 0.3) is 0 Å². The molecule has 1 aromatic carbocycles. The molecule has 4 aromatic rings. The van der Waals surface area contributed by atoms with Gasteiger partial charge in [-0.3, -0.25) is 0 Å². The minimum absolute atomic E-state index is 0.412. The van der Waals surface area contributed by atoms with Crippen molar-refractivity contribution in [3.63, 3.8) is 0 Å². The zero-order valence-electron chi connectivity index (χ0n) is 13.7. The van der Waals surface area contributed by atoms with E-state index < -0.39 is 0 Å². The Bertz CT molecular complexity index is 997. The van der Waals surface area contributed by atoms with E-state index in [1.165, 1.54) is 6.42 Å². The zero-order valence-corrected chi connectivity index (χ0v) is 13.7. The lowest BCUT2D eigenvalue weighted by Crippen LogP contribution is -2.28. The van der Waals surface area contributed by atoms with Crippen LogP contribution >= 0.6 is 0 Å². The molecule has 126 valence electrons. The minimum Gasteiger partial charge on any atom is -0.475 e. The van der Waals surface area contributed by atoms with Crippen LogP contribution in [0.2, 0.25) is 0 Å². The Morgan fingerprint density at radius 3 is 3.08 bits per heavy atom. The number of nitrogens with one attached hydrogen (secondary N) is 1. The molecule has 0 spiro atoms. The molecule has 0 amide bonds. The molecule has 1 fully saturated rings. The smallest absolute Gasteiger partial charge is 0.231 e. The normalized spacial score (nSPS) is 17.5. The molecule has 0 radical (unpaired) electrons. The average Bonchev–Trinajstić information content (AvgIpc) is 3.37.